The molecule has 3 nitrogen and oxygen atoms in total. The van der Waals surface area contributed by atoms with Crippen LogP contribution in [-0.4, -0.2) is 19.1 Å². The van der Waals surface area contributed by atoms with E-state index in [1.807, 2.05) is 55.4 Å². The van der Waals surface area contributed by atoms with Crippen LogP contribution in [0.3, 0.4) is 0 Å². The van der Waals surface area contributed by atoms with E-state index >= 15 is 0 Å². The molecule has 94 valence electrons. The Balaban J connectivity index is 2.06. The number of nitrogens with zero attached hydrogens (tertiary/aromatic N) is 2. The fourth-order valence-electron chi connectivity index (χ4n) is 1.52. The first kappa shape index (κ1) is 12.7. The topological polar surface area (TPSA) is 25.4 Å². The van der Waals surface area contributed by atoms with Crippen molar-refractivity contribution in [3.05, 3.63) is 53.3 Å². The molecule has 4 heteroatoms. The van der Waals surface area contributed by atoms with Crippen molar-refractivity contribution in [1.29, 1.82) is 0 Å². The number of halogens is 1. The van der Waals surface area contributed by atoms with Crippen molar-refractivity contribution in [2.75, 3.05) is 19.0 Å². The van der Waals surface area contributed by atoms with Crippen molar-refractivity contribution < 1.29 is 4.74 Å². The molecule has 2 rings (SSSR count). The second kappa shape index (κ2) is 5.74. The van der Waals surface area contributed by atoms with Gasteiger partial charge in [-0.3, -0.25) is 4.98 Å². The number of ether oxygens (including phenoxy) is 1. The molecule has 0 amide bonds. The van der Waals surface area contributed by atoms with Gasteiger partial charge in [0, 0.05) is 26.0 Å². The van der Waals surface area contributed by atoms with E-state index in [-0.39, 0.29) is 0 Å². The van der Waals surface area contributed by atoms with Gasteiger partial charge in [-0.05, 0) is 30.3 Å². The molecule has 0 aliphatic carbocycles. The first-order valence-corrected chi connectivity index (χ1v) is 6.04. The van der Waals surface area contributed by atoms with E-state index in [0.717, 1.165) is 11.4 Å². The Morgan fingerprint density at radius 1 is 1.22 bits per heavy atom. The first-order valence-electron chi connectivity index (χ1n) is 5.66. The second-order valence-corrected chi connectivity index (χ2v) is 4.53. The van der Waals surface area contributed by atoms with Crippen LogP contribution in [0.15, 0.2) is 42.6 Å². The normalized spacial score (nSPS) is 10.2. The van der Waals surface area contributed by atoms with Gasteiger partial charge in [-0.2, -0.15) is 0 Å². The van der Waals surface area contributed by atoms with Crippen molar-refractivity contribution in [2.24, 2.45) is 0 Å². The lowest BCUT2D eigenvalue weighted by Crippen LogP contribution is -2.08. The predicted molar refractivity (Wildman–Crippen MR) is 74.3 cm³/mol. The standard InChI is InChI=1S/C14H15ClN2O/c1-17(2)12-6-7-14(13(15)9-12)18-10-11-5-3-4-8-16-11/h3-9H,10H2,1-2H3. The number of pyridine rings is 1. The molecule has 0 radical (unpaired) electrons. The molecule has 1 aromatic carbocycles. The molecule has 1 aromatic heterocycles. The highest BCUT2D eigenvalue weighted by Crippen LogP contribution is 2.29. The fraction of sp³-hybridized carbons (Fsp3) is 0.214. The molecule has 0 aliphatic rings. The lowest BCUT2D eigenvalue weighted by molar-refractivity contribution is 0.301. The summed E-state index contributed by atoms with van der Waals surface area (Å²) in [6.45, 7) is 0.419. The summed E-state index contributed by atoms with van der Waals surface area (Å²) in [7, 11) is 3.94. The number of benzene rings is 1. The minimum absolute atomic E-state index is 0.419. The molecular weight excluding hydrogens is 248 g/mol. The number of rotatable bonds is 4. The Labute approximate surface area is 112 Å². The van der Waals surface area contributed by atoms with Crippen LogP contribution in [0, 0.1) is 0 Å². The predicted octanol–water partition coefficient (Wildman–Crippen LogP) is 3.38. The molecule has 0 saturated carbocycles. The van der Waals surface area contributed by atoms with Gasteiger partial charge in [0.1, 0.15) is 12.4 Å². The molecule has 0 bridgehead atoms. The zero-order valence-corrected chi connectivity index (χ0v) is 11.2. The molecule has 0 fully saturated rings. The Hall–Kier alpha value is -1.74. The maximum absolute atomic E-state index is 6.17. The van der Waals surface area contributed by atoms with Crippen LogP contribution in [0.5, 0.6) is 5.75 Å². The van der Waals surface area contributed by atoms with Gasteiger partial charge in [-0.1, -0.05) is 17.7 Å². The van der Waals surface area contributed by atoms with E-state index in [1.165, 1.54) is 0 Å². The third kappa shape index (κ3) is 3.14. The van der Waals surface area contributed by atoms with Crippen LogP contribution in [0.1, 0.15) is 5.69 Å². The van der Waals surface area contributed by atoms with Crippen molar-refractivity contribution >= 4 is 17.3 Å². The van der Waals surface area contributed by atoms with Gasteiger partial charge in [-0.25, -0.2) is 0 Å². The average Bonchev–Trinajstić information content (AvgIpc) is 2.38. The van der Waals surface area contributed by atoms with Crippen LogP contribution in [0.25, 0.3) is 0 Å². The average molecular weight is 263 g/mol. The summed E-state index contributed by atoms with van der Waals surface area (Å²) in [6.07, 6.45) is 1.75. The summed E-state index contributed by atoms with van der Waals surface area (Å²) < 4.78 is 5.64. The summed E-state index contributed by atoms with van der Waals surface area (Å²) in [4.78, 5) is 6.19. The largest absolute Gasteiger partial charge is 0.486 e. The number of hydrogen-bond donors (Lipinski definition) is 0. The molecule has 2 aromatic rings. The first-order chi connectivity index (χ1) is 8.66. The maximum Gasteiger partial charge on any atom is 0.138 e. The smallest absolute Gasteiger partial charge is 0.138 e. The van der Waals surface area contributed by atoms with Gasteiger partial charge in [0.15, 0.2) is 0 Å². The minimum atomic E-state index is 0.419. The van der Waals surface area contributed by atoms with Gasteiger partial charge in [0.25, 0.3) is 0 Å². The van der Waals surface area contributed by atoms with E-state index in [2.05, 4.69) is 4.98 Å². The fourth-order valence-corrected chi connectivity index (χ4v) is 1.75. The summed E-state index contributed by atoms with van der Waals surface area (Å²) in [5, 5.41) is 0.608. The van der Waals surface area contributed by atoms with Gasteiger partial charge in [0.2, 0.25) is 0 Å². The molecule has 0 saturated heterocycles. The molecule has 0 unspecified atom stereocenters. The highest BCUT2D eigenvalue weighted by Gasteiger charge is 2.05. The summed E-state index contributed by atoms with van der Waals surface area (Å²) in [5.74, 6) is 0.674. The van der Waals surface area contributed by atoms with Crippen LogP contribution < -0.4 is 9.64 Å². The SMILES string of the molecule is CN(C)c1ccc(OCc2ccccn2)c(Cl)c1. The Morgan fingerprint density at radius 3 is 2.67 bits per heavy atom. The maximum atomic E-state index is 6.17. The lowest BCUT2D eigenvalue weighted by atomic mass is 10.3. The molecule has 1 heterocycles. The summed E-state index contributed by atoms with van der Waals surface area (Å²) >= 11 is 6.17. The van der Waals surface area contributed by atoms with E-state index < -0.39 is 0 Å². The Morgan fingerprint density at radius 2 is 2.06 bits per heavy atom. The molecule has 0 atom stereocenters. The molecular formula is C14H15ClN2O. The Bertz CT molecular complexity index is 514. The summed E-state index contributed by atoms with van der Waals surface area (Å²) in [5.41, 5.74) is 1.93. The van der Waals surface area contributed by atoms with E-state index in [0.29, 0.717) is 17.4 Å². The van der Waals surface area contributed by atoms with Crippen LogP contribution >= 0.6 is 11.6 Å². The van der Waals surface area contributed by atoms with Crippen molar-refractivity contribution in [2.45, 2.75) is 6.61 Å². The third-order valence-corrected chi connectivity index (χ3v) is 2.83. The zero-order valence-electron chi connectivity index (χ0n) is 10.4. The van der Waals surface area contributed by atoms with Crippen molar-refractivity contribution in [3.63, 3.8) is 0 Å². The zero-order chi connectivity index (χ0) is 13.0. The molecule has 18 heavy (non-hydrogen) atoms. The van der Waals surface area contributed by atoms with Crippen molar-refractivity contribution in [3.8, 4) is 5.75 Å². The molecule has 0 N–H and O–H groups in total. The highest BCUT2D eigenvalue weighted by molar-refractivity contribution is 6.32. The van der Waals surface area contributed by atoms with E-state index in [4.69, 9.17) is 16.3 Å². The quantitative estimate of drug-likeness (QED) is 0.845. The number of anilines is 1. The molecule has 0 spiro atoms. The van der Waals surface area contributed by atoms with Crippen LogP contribution in [0.2, 0.25) is 5.02 Å². The third-order valence-electron chi connectivity index (χ3n) is 2.53. The van der Waals surface area contributed by atoms with Crippen LogP contribution in [-0.2, 0) is 6.61 Å². The second-order valence-electron chi connectivity index (χ2n) is 4.12. The molecule has 0 aliphatic heterocycles. The highest BCUT2D eigenvalue weighted by atomic mass is 35.5. The van der Waals surface area contributed by atoms with Gasteiger partial charge in [0.05, 0.1) is 10.7 Å². The number of hydrogen-bond acceptors (Lipinski definition) is 3. The van der Waals surface area contributed by atoms with Gasteiger partial charge < -0.3 is 9.64 Å². The Kier molecular flexibility index (Phi) is 4.05. The minimum Gasteiger partial charge on any atom is -0.486 e. The summed E-state index contributed by atoms with van der Waals surface area (Å²) in [6, 6.07) is 11.5. The van der Waals surface area contributed by atoms with Gasteiger partial charge >= 0.3 is 0 Å². The van der Waals surface area contributed by atoms with Crippen LogP contribution in [0.4, 0.5) is 5.69 Å². The van der Waals surface area contributed by atoms with Gasteiger partial charge in [-0.15, -0.1) is 0 Å². The van der Waals surface area contributed by atoms with E-state index in [1.54, 1.807) is 6.20 Å². The van der Waals surface area contributed by atoms with E-state index in [9.17, 15) is 0 Å². The lowest BCUT2D eigenvalue weighted by Gasteiger charge is -2.14. The monoisotopic (exact) mass is 262 g/mol. The number of aromatic nitrogens is 1. The van der Waals surface area contributed by atoms with Crippen molar-refractivity contribution in [1.82, 2.24) is 4.98 Å².